The van der Waals surface area contributed by atoms with E-state index in [0.29, 0.717) is 36.4 Å². The normalized spacial score (nSPS) is 22.6. The van der Waals surface area contributed by atoms with E-state index in [2.05, 4.69) is 32.2 Å². The molecule has 8 nitrogen and oxygen atoms in total. The van der Waals surface area contributed by atoms with Crippen molar-refractivity contribution < 1.29 is 23.1 Å². The van der Waals surface area contributed by atoms with E-state index in [4.69, 9.17) is 0 Å². The average molecular weight is 561 g/mol. The molecule has 12 heteroatoms. The molecule has 1 saturated heterocycles. The summed E-state index contributed by atoms with van der Waals surface area (Å²) in [6.45, 7) is 5.15. The van der Waals surface area contributed by atoms with E-state index in [0.717, 1.165) is 54.4 Å². The molecule has 2 fully saturated rings. The van der Waals surface area contributed by atoms with E-state index >= 15 is 0 Å². The summed E-state index contributed by atoms with van der Waals surface area (Å²) in [7, 11) is 2.06. The SMILES string of the molecule is Cc1cc(Nc2nccc(C(F)(F)F)n2)cc(-c2cnc(C3(O)CCC(C(=O)N4CCN(C)CC4)CC3)s2)c1. The van der Waals surface area contributed by atoms with E-state index in [1.165, 1.54) is 11.3 Å². The molecule has 2 aliphatic rings. The third kappa shape index (κ3) is 6.23. The maximum Gasteiger partial charge on any atom is 0.433 e. The van der Waals surface area contributed by atoms with Gasteiger partial charge < -0.3 is 20.2 Å². The Morgan fingerprint density at radius 3 is 2.54 bits per heavy atom. The number of nitrogens with one attached hydrogen (secondary N) is 1. The molecule has 5 rings (SSSR count). The van der Waals surface area contributed by atoms with E-state index in [1.807, 2.05) is 17.9 Å². The van der Waals surface area contributed by atoms with Gasteiger partial charge in [-0.1, -0.05) is 6.07 Å². The zero-order valence-corrected chi connectivity index (χ0v) is 22.6. The predicted octanol–water partition coefficient (Wildman–Crippen LogP) is 4.82. The molecule has 208 valence electrons. The zero-order chi connectivity index (χ0) is 27.8. The third-order valence-electron chi connectivity index (χ3n) is 7.44. The lowest BCUT2D eigenvalue weighted by Crippen LogP contribution is -2.50. The Balaban J connectivity index is 1.27. The van der Waals surface area contributed by atoms with E-state index in [9.17, 15) is 23.1 Å². The fraction of sp³-hybridized carbons (Fsp3) is 0.481. The number of rotatable bonds is 5. The summed E-state index contributed by atoms with van der Waals surface area (Å²) in [6, 6.07) is 6.36. The van der Waals surface area contributed by atoms with Gasteiger partial charge in [-0.15, -0.1) is 11.3 Å². The monoisotopic (exact) mass is 560 g/mol. The lowest BCUT2D eigenvalue weighted by atomic mass is 9.78. The minimum Gasteiger partial charge on any atom is -0.383 e. The van der Waals surface area contributed by atoms with Crippen LogP contribution in [0.25, 0.3) is 10.4 Å². The van der Waals surface area contributed by atoms with Crippen molar-refractivity contribution in [1.29, 1.82) is 0 Å². The van der Waals surface area contributed by atoms with Crippen molar-refractivity contribution in [2.24, 2.45) is 5.92 Å². The summed E-state index contributed by atoms with van der Waals surface area (Å²) in [5.74, 6) is -0.0327. The van der Waals surface area contributed by atoms with Gasteiger partial charge in [0.25, 0.3) is 0 Å². The fourth-order valence-corrected chi connectivity index (χ4v) is 6.22. The number of aliphatic hydroxyl groups is 1. The Hall–Kier alpha value is -3.09. The van der Waals surface area contributed by atoms with Crippen molar-refractivity contribution in [2.45, 2.75) is 44.4 Å². The van der Waals surface area contributed by atoms with Gasteiger partial charge in [-0.3, -0.25) is 4.79 Å². The molecule has 3 heterocycles. The summed E-state index contributed by atoms with van der Waals surface area (Å²) in [6.07, 6.45) is 0.387. The Morgan fingerprint density at radius 2 is 1.85 bits per heavy atom. The van der Waals surface area contributed by atoms with Gasteiger partial charge >= 0.3 is 6.18 Å². The lowest BCUT2D eigenvalue weighted by Gasteiger charge is -2.38. The van der Waals surface area contributed by atoms with Crippen molar-refractivity contribution >= 4 is 28.9 Å². The zero-order valence-electron chi connectivity index (χ0n) is 21.8. The second kappa shape index (κ2) is 10.8. The highest BCUT2D eigenvalue weighted by atomic mass is 32.1. The number of halogens is 3. The number of thiazole rings is 1. The second-order valence-electron chi connectivity index (χ2n) is 10.4. The van der Waals surface area contributed by atoms with Crippen LogP contribution in [0.4, 0.5) is 24.8 Å². The lowest BCUT2D eigenvalue weighted by molar-refractivity contribution is -0.141. The number of carbonyl (C=O) groups excluding carboxylic acids is 1. The van der Waals surface area contributed by atoms with Gasteiger partial charge in [-0.2, -0.15) is 13.2 Å². The second-order valence-corrected chi connectivity index (χ2v) is 11.5. The van der Waals surface area contributed by atoms with Crippen LogP contribution in [0.3, 0.4) is 0 Å². The number of amides is 1. The fourth-order valence-electron chi connectivity index (χ4n) is 5.17. The summed E-state index contributed by atoms with van der Waals surface area (Å²) < 4.78 is 39.1. The van der Waals surface area contributed by atoms with Gasteiger partial charge in [0.1, 0.15) is 16.3 Å². The molecule has 1 aliphatic carbocycles. The van der Waals surface area contributed by atoms with Gasteiger partial charge in [0, 0.05) is 50.2 Å². The third-order valence-corrected chi connectivity index (χ3v) is 8.68. The molecule has 39 heavy (non-hydrogen) atoms. The number of aromatic nitrogens is 3. The highest BCUT2D eigenvalue weighted by Crippen LogP contribution is 2.43. The van der Waals surface area contributed by atoms with Crippen LogP contribution in [0.2, 0.25) is 0 Å². The Kier molecular flexibility index (Phi) is 7.62. The molecular weight excluding hydrogens is 529 g/mol. The maximum atomic E-state index is 13.0. The van der Waals surface area contributed by atoms with E-state index < -0.39 is 17.5 Å². The number of aryl methyl sites for hydroxylation is 1. The van der Waals surface area contributed by atoms with Crippen LogP contribution in [0.1, 0.15) is 41.9 Å². The standard InChI is InChI=1S/C27H31F3N6O2S/c1-17-13-19(15-20(14-17)33-25-31-8-5-22(34-25)27(28,29)30)21-16-32-24(39-21)26(38)6-3-18(4-7-26)23(37)36-11-9-35(2)10-12-36/h5,8,13-16,18,38H,3-4,6-7,9-12H2,1-2H3,(H,31,33,34). The summed E-state index contributed by atoms with van der Waals surface area (Å²) in [4.78, 5) is 30.0. The number of piperazine rings is 1. The van der Waals surface area contributed by atoms with Crippen molar-refractivity contribution in [3.63, 3.8) is 0 Å². The summed E-state index contributed by atoms with van der Waals surface area (Å²) in [5, 5.41) is 14.9. The van der Waals surface area contributed by atoms with Crippen molar-refractivity contribution in [3.05, 3.63) is 52.9 Å². The maximum absolute atomic E-state index is 13.0. The number of carbonyl (C=O) groups is 1. The number of anilines is 2. The number of likely N-dealkylation sites (N-methyl/N-ethyl adjacent to an activating group) is 1. The first kappa shape index (κ1) is 27.5. The Labute approximate surface area is 228 Å². The van der Waals surface area contributed by atoms with Gasteiger partial charge in [-0.05, 0) is 69.0 Å². The smallest absolute Gasteiger partial charge is 0.383 e. The quantitative estimate of drug-likeness (QED) is 0.462. The number of hydrogen-bond donors (Lipinski definition) is 2. The van der Waals surface area contributed by atoms with Crippen LogP contribution in [-0.2, 0) is 16.6 Å². The molecular formula is C27H31F3N6O2S. The number of nitrogens with zero attached hydrogens (tertiary/aromatic N) is 5. The molecule has 0 unspecified atom stereocenters. The molecule has 1 aliphatic heterocycles. The molecule has 1 aromatic carbocycles. The van der Waals surface area contributed by atoms with Crippen molar-refractivity contribution in [1.82, 2.24) is 24.8 Å². The molecule has 2 N–H and O–H groups in total. The van der Waals surface area contributed by atoms with E-state index in [1.54, 1.807) is 18.3 Å². The molecule has 3 aromatic rings. The molecule has 0 bridgehead atoms. The summed E-state index contributed by atoms with van der Waals surface area (Å²) in [5.41, 5.74) is 0.141. The van der Waals surface area contributed by atoms with Crippen LogP contribution in [-0.4, -0.2) is 69.0 Å². The Morgan fingerprint density at radius 1 is 1.13 bits per heavy atom. The molecule has 1 saturated carbocycles. The number of hydrogen-bond acceptors (Lipinski definition) is 8. The van der Waals surface area contributed by atoms with Gasteiger partial charge in [0.15, 0.2) is 0 Å². The van der Waals surface area contributed by atoms with Crippen LogP contribution < -0.4 is 5.32 Å². The average Bonchev–Trinajstić information content (AvgIpc) is 3.40. The van der Waals surface area contributed by atoms with E-state index in [-0.39, 0.29) is 17.8 Å². The molecule has 1 amide bonds. The Bertz CT molecular complexity index is 1330. The predicted molar refractivity (Wildman–Crippen MR) is 143 cm³/mol. The highest BCUT2D eigenvalue weighted by Gasteiger charge is 2.40. The van der Waals surface area contributed by atoms with Crippen LogP contribution in [0, 0.1) is 12.8 Å². The van der Waals surface area contributed by atoms with Gasteiger partial charge in [0.2, 0.25) is 11.9 Å². The first-order valence-corrected chi connectivity index (χ1v) is 13.8. The van der Waals surface area contributed by atoms with Gasteiger partial charge in [0.05, 0.1) is 4.88 Å². The minimum atomic E-state index is -4.56. The molecule has 0 spiro atoms. The van der Waals surface area contributed by atoms with Crippen LogP contribution in [0.15, 0.2) is 36.7 Å². The number of alkyl halides is 3. The first-order valence-electron chi connectivity index (χ1n) is 13.0. The number of benzene rings is 1. The molecule has 2 aromatic heterocycles. The van der Waals surface area contributed by atoms with Crippen LogP contribution in [0.5, 0.6) is 0 Å². The highest BCUT2D eigenvalue weighted by molar-refractivity contribution is 7.15. The largest absolute Gasteiger partial charge is 0.433 e. The summed E-state index contributed by atoms with van der Waals surface area (Å²) >= 11 is 1.39. The van der Waals surface area contributed by atoms with Crippen molar-refractivity contribution in [2.75, 3.05) is 38.5 Å². The first-order chi connectivity index (χ1) is 18.5. The van der Waals surface area contributed by atoms with Gasteiger partial charge in [-0.25, -0.2) is 15.0 Å². The van der Waals surface area contributed by atoms with Crippen LogP contribution >= 0.6 is 11.3 Å². The minimum absolute atomic E-state index is 0.0726. The van der Waals surface area contributed by atoms with Crippen molar-refractivity contribution in [3.8, 4) is 10.4 Å². The molecule has 0 atom stereocenters. The topological polar surface area (TPSA) is 94.5 Å². The molecule has 0 radical (unpaired) electrons.